The highest BCUT2D eigenvalue weighted by Crippen LogP contribution is 2.18. The van der Waals surface area contributed by atoms with Crippen LogP contribution in [-0.2, 0) is 6.61 Å². The molecule has 0 aliphatic rings. The van der Waals surface area contributed by atoms with Gasteiger partial charge in [-0.1, -0.05) is 13.8 Å². The zero-order valence-electron chi connectivity index (χ0n) is 8.74. The van der Waals surface area contributed by atoms with Crippen molar-refractivity contribution in [1.82, 2.24) is 9.38 Å². The number of aliphatic hydroxyl groups excluding tert-OH is 1. The molecular weight excluding hydrogens is 195 g/mol. The Bertz CT molecular complexity index is 491. The Morgan fingerprint density at radius 1 is 1.47 bits per heavy atom. The number of fused-ring (bicyclic) bond motifs is 1. The average Bonchev–Trinajstić information content (AvgIpc) is 2.61. The Morgan fingerprint density at radius 3 is 2.80 bits per heavy atom. The highest BCUT2D eigenvalue weighted by Gasteiger charge is 2.09. The van der Waals surface area contributed by atoms with Crippen molar-refractivity contribution in [2.75, 3.05) is 0 Å². The number of hydrogen-bond donors (Lipinski definition) is 1. The maximum absolute atomic E-state index is 13.6. The minimum absolute atomic E-state index is 0.169. The first kappa shape index (κ1) is 10.1. The molecule has 80 valence electrons. The summed E-state index contributed by atoms with van der Waals surface area (Å²) < 4.78 is 15.2. The molecule has 15 heavy (non-hydrogen) atoms. The Morgan fingerprint density at radius 2 is 2.20 bits per heavy atom. The van der Waals surface area contributed by atoms with Gasteiger partial charge in [0, 0.05) is 12.4 Å². The Hall–Kier alpha value is -1.42. The molecule has 0 aliphatic carbocycles. The lowest BCUT2D eigenvalue weighted by Gasteiger charge is -2.06. The maximum Gasteiger partial charge on any atom is 0.173 e. The van der Waals surface area contributed by atoms with E-state index in [2.05, 4.69) is 4.98 Å². The minimum Gasteiger partial charge on any atom is -0.390 e. The van der Waals surface area contributed by atoms with Crippen LogP contribution in [0.4, 0.5) is 4.39 Å². The smallest absolute Gasteiger partial charge is 0.173 e. The first-order valence-electron chi connectivity index (χ1n) is 4.89. The molecule has 0 radical (unpaired) electrons. The predicted octanol–water partition coefficient (Wildman–Crippen LogP) is 2.09. The second-order valence-electron chi connectivity index (χ2n) is 3.90. The van der Waals surface area contributed by atoms with Crippen LogP contribution in [0.25, 0.3) is 5.65 Å². The minimum atomic E-state index is -0.346. The molecule has 0 atom stereocenters. The lowest BCUT2D eigenvalue weighted by Crippen LogP contribution is -1.95. The third-order valence-corrected chi connectivity index (χ3v) is 2.41. The number of aliphatic hydroxyl groups is 1. The second-order valence-corrected chi connectivity index (χ2v) is 3.90. The van der Waals surface area contributed by atoms with Gasteiger partial charge in [0.15, 0.2) is 11.5 Å². The standard InChI is InChI=1S/C11H13FN2O/c1-7(2)8-3-10(12)11-13-9(6-15)5-14(11)4-8/h3-5,7,15H,6H2,1-2H3. The molecule has 4 heteroatoms. The molecule has 0 aliphatic heterocycles. The zero-order valence-corrected chi connectivity index (χ0v) is 8.74. The van der Waals surface area contributed by atoms with Crippen LogP contribution in [0.2, 0.25) is 0 Å². The van der Waals surface area contributed by atoms with E-state index >= 15 is 0 Å². The van der Waals surface area contributed by atoms with Gasteiger partial charge in [-0.05, 0) is 17.5 Å². The van der Waals surface area contributed by atoms with Gasteiger partial charge >= 0.3 is 0 Å². The van der Waals surface area contributed by atoms with Gasteiger partial charge in [-0.15, -0.1) is 0 Å². The SMILES string of the molecule is CC(C)c1cc(F)c2nc(CO)cn2c1. The maximum atomic E-state index is 13.6. The largest absolute Gasteiger partial charge is 0.390 e. The normalized spacial score (nSPS) is 11.5. The van der Waals surface area contributed by atoms with Crippen LogP contribution in [0.1, 0.15) is 31.0 Å². The van der Waals surface area contributed by atoms with E-state index in [1.165, 1.54) is 6.07 Å². The summed E-state index contributed by atoms with van der Waals surface area (Å²) in [7, 11) is 0. The van der Waals surface area contributed by atoms with E-state index in [9.17, 15) is 4.39 Å². The second kappa shape index (κ2) is 3.62. The van der Waals surface area contributed by atoms with Gasteiger partial charge < -0.3 is 9.51 Å². The van der Waals surface area contributed by atoms with Crippen molar-refractivity contribution in [3.05, 3.63) is 35.5 Å². The number of nitrogens with zero attached hydrogens (tertiary/aromatic N) is 2. The Balaban J connectivity index is 2.65. The van der Waals surface area contributed by atoms with Crippen molar-refractivity contribution in [2.24, 2.45) is 0 Å². The summed E-state index contributed by atoms with van der Waals surface area (Å²) in [6, 6.07) is 1.49. The Kier molecular flexibility index (Phi) is 2.44. The highest BCUT2D eigenvalue weighted by molar-refractivity contribution is 5.43. The van der Waals surface area contributed by atoms with Crippen LogP contribution in [0.5, 0.6) is 0 Å². The zero-order chi connectivity index (χ0) is 11.0. The summed E-state index contributed by atoms with van der Waals surface area (Å²) in [4.78, 5) is 3.97. The van der Waals surface area contributed by atoms with Crippen LogP contribution >= 0.6 is 0 Å². The van der Waals surface area contributed by atoms with Gasteiger partial charge in [0.25, 0.3) is 0 Å². The molecule has 2 heterocycles. The van der Waals surface area contributed by atoms with Gasteiger partial charge in [-0.3, -0.25) is 0 Å². The highest BCUT2D eigenvalue weighted by atomic mass is 19.1. The molecule has 0 saturated heterocycles. The van der Waals surface area contributed by atoms with Crippen LogP contribution in [0, 0.1) is 5.82 Å². The van der Waals surface area contributed by atoms with E-state index in [4.69, 9.17) is 5.11 Å². The molecular formula is C11H13FN2O. The molecule has 0 bridgehead atoms. The van der Waals surface area contributed by atoms with Crippen LogP contribution in [-0.4, -0.2) is 14.5 Å². The van der Waals surface area contributed by atoms with E-state index < -0.39 is 0 Å². The summed E-state index contributed by atoms with van der Waals surface area (Å²) in [5.41, 5.74) is 1.67. The molecule has 2 aromatic rings. The molecule has 1 N–H and O–H groups in total. The van der Waals surface area contributed by atoms with Crippen LogP contribution in [0.3, 0.4) is 0 Å². The van der Waals surface area contributed by atoms with Crippen molar-refractivity contribution >= 4 is 5.65 Å². The molecule has 3 nitrogen and oxygen atoms in total. The molecule has 2 aromatic heterocycles. The summed E-state index contributed by atoms with van der Waals surface area (Å²) in [6.07, 6.45) is 3.49. The topological polar surface area (TPSA) is 37.5 Å². The number of imidazole rings is 1. The molecule has 0 aromatic carbocycles. The fourth-order valence-corrected chi connectivity index (χ4v) is 1.52. The number of pyridine rings is 1. The summed E-state index contributed by atoms with van der Waals surface area (Å²) >= 11 is 0. The average molecular weight is 208 g/mol. The van der Waals surface area contributed by atoms with Crippen molar-refractivity contribution in [1.29, 1.82) is 0 Å². The van der Waals surface area contributed by atoms with Gasteiger partial charge in [0.2, 0.25) is 0 Å². The molecule has 0 saturated carbocycles. The van der Waals surface area contributed by atoms with Gasteiger partial charge in [0.1, 0.15) is 0 Å². The van der Waals surface area contributed by atoms with E-state index in [-0.39, 0.29) is 24.0 Å². The van der Waals surface area contributed by atoms with Crippen LogP contribution in [0.15, 0.2) is 18.5 Å². The molecule has 0 amide bonds. The fourth-order valence-electron chi connectivity index (χ4n) is 1.52. The van der Waals surface area contributed by atoms with Crippen molar-refractivity contribution in [3.8, 4) is 0 Å². The lowest BCUT2D eigenvalue weighted by atomic mass is 10.1. The summed E-state index contributed by atoms with van der Waals surface area (Å²) in [5, 5.41) is 8.91. The Labute approximate surface area is 87.2 Å². The van der Waals surface area contributed by atoms with Crippen molar-refractivity contribution in [3.63, 3.8) is 0 Å². The number of rotatable bonds is 2. The van der Waals surface area contributed by atoms with Crippen molar-refractivity contribution < 1.29 is 9.50 Å². The van der Waals surface area contributed by atoms with Crippen LogP contribution < -0.4 is 0 Å². The van der Waals surface area contributed by atoms with E-state index in [1.807, 2.05) is 20.0 Å². The third-order valence-electron chi connectivity index (χ3n) is 2.41. The molecule has 0 unspecified atom stereocenters. The number of halogens is 1. The fraction of sp³-hybridized carbons (Fsp3) is 0.364. The first-order valence-corrected chi connectivity index (χ1v) is 4.89. The summed E-state index contributed by atoms with van der Waals surface area (Å²) in [5.74, 6) is -0.0789. The third kappa shape index (κ3) is 1.72. The quantitative estimate of drug-likeness (QED) is 0.820. The summed E-state index contributed by atoms with van der Waals surface area (Å²) in [6.45, 7) is 3.84. The number of hydrogen-bond acceptors (Lipinski definition) is 2. The lowest BCUT2D eigenvalue weighted by molar-refractivity contribution is 0.277. The first-order chi connectivity index (χ1) is 7.11. The van der Waals surface area contributed by atoms with E-state index in [0.717, 1.165) is 5.56 Å². The van der Waals surface area contributed by atoms with Gasteiger partial charge in [-0.25, -0.2) is 9.37 Å². The van der Waals surface area contributed by atoms with E-state index in [1.54, 1.807) is 10.6 Å². The predicted molar refractivity (Wildman–Crippen MR) is 55.2 cm³/mol. The van der Waals surface area contributed by atoms with Gasteiger partial charge in [-0.2, -0.15) is 0 Å². The molecule has 2 rings (SSSR count). The van der Waals surface area contributed by atoms with Crippen molar-refractivity contribution in [2.45, 2.75) is 26.4 Å². The van der Waals surface area contributed by atoms with Gasteiger partial charge in [0.05, 0.1) is 12.3 Å². The molecule has 0 fully saturated rings. The number of aromatic nitrogens is 2. The molecule has 0 spiro atoms. The monoisotopic (exact) mass is 208 g/mol. The van der Waals surface area contributed by atoms with E-state index in [0.29, 0.717) is 5.69 Å².